The van der Waals surface area contributed by atoms with E-state index in [0.717, 1.165) is 4.47 Å². The Bertz CT molecular complexity index is 999. The minimum Gasteiger partial charge on any atom is -0.481 e. The smallest absolute Gasteiger partial charge is 0.340 e. The van der Waals surface area contributed by atoms with Gasteiger partial charge in [0.05, 0.1) is 12.5 Å². The third kappa shape index (κ3) is 4.24. The quantitative estimate of drug-likeness (QED) is 0.514. The number of esters is 1. The summed E-state index contributed by atoms with van der Waals surface area (Å²) in [5, 5.41) is 0. The number of benzene rings is 1. The van der Waals surface area contributed by atoms with E-state index in [4.69, 9.17) is 26.4 Å². The van der Waals surface area contributed by atoms with Crippen molar-refractivity contribution in [1.82, 2.24) is 0 Å². The zero-order chi connectivity index (χ0) is 22.1. The van der Waals surface area contributed by atoms with Crippen LogP contribution in [-0.2, 0) is 19.1 Å². The average molecular weight is 474 g/mol. The van der Waals surface area contributed by atoms with E-state index < -0.39 is 11.9 Å². The number of nitrogens with two attached hydrogens (primary N) is 1. The van der Waals surface area contributed by atoms with Crippen molar-refractivity contribution in [2.75, 3.05) is 13.2 Å². The molecule has 0 aromatic heterocycles. The molecule has 1 unspecified atom stereocenters. The third-order valence-corrected chi connectivity index (χ3v) is 5.54. The van der Waals surface area contributed by atoms with Crippen molar-refractivity contribution in [3.05, 3.63) is 51.0 Å². The molecular formula is C23H24BrNO5. The van der Waals surface area contributed by atoms with E-state index in [9.17, 15) is 9.59 Å². The molecule has 6 nitrogen and oxygen atoms in total. The fraction of sp³-hybridized carbons (Fsp3) is 0.391. The molecule has 0 saturated carbocycles. The first-order valence-electron chi connectivity index (χ1n) is 9.65. The normalized spacial score (nSPS) is 20.2. The summed E-state index contributed by atoms with van der Waals surface area (Å²) in [5.74, 6) is 1.81. The summed E-state index contributed by atoms with van der Waals surface area (Å²) in [6.45, 7) is 5.89. The van der Waals surface area contributed by atoms with Gasteiger partial charge in [0.15, 0.2) is 5.78 Å². The van der Waals surface area contributed by atoms with Gasteiger partial charge in [-0.2, -0.15) is 0 Å². The molecule has 1 heterocycles. The molecule has 0 spiro atoms. The lowest BCUT2D eigenvalue weighted by molar-refractivity contribution is -0.139. The van der Waals surface area contributed by atoms with Crippen LogP contribution in [-0.4, -0.2) is 25.0 Å². The largest absolute Gasteiger partial charge is 0.481 e. The molecule has 1 aromatic rings. The van der Waals surface area contributed by atoms with Crippen LogP contribution in [0.4, 0.5) is 0 Å². The van der Waals surface area contributed by atoms with E-state index in [2.05, 4.69) is 21.9 Å². The predicted molar refractivity (Wildman–Crippen MR) is 115 cm³/mol. The average Bonchev–Trinajstić information content (AvgIpc) is 2.65. The molecule has 1 atom stereocenters. The van der Waals surface area contributed by atoms with Crippen molar-refractivity contribution in [3.63, 3.8) is 0 Å². The molecule has 0 amide bonds. The number of allylic oxidation sites excluding steroid dienone is 2. The van der Waals surface area contributed by atoms with Gasteiger partial charge in [-0.1, -0.05) is 35.7 Å². The van der Waals surface area contributed by atoms with Gasteiger partial charge in [-0.25, -0.2) is 4.79 Å². The van der Waals surface area contributed by atoms with Gasteiger partial charge in [-0.15, -0.1) is 6.42 Å². The lowest BCUT2D eigenvalue weighted by atomic mass is 9.70. The molecular weight excluding hydrogens is 450 g/mol. The maximum Gasteiger partial charge on any atom is 0.340 e. The van der Waals surface area contributed by atoms with E-state index in [1.54, 1.807) is 25.1 Å². The van der Waals surface area contributed by atoms with Gasteiger partial charge in [0.25, 0.3) is 0 Å². The summed E-state index contributed by atoms with van der Waals surface area (Å²) in [4.78, 5) is 26.1. The molecule has 1 aliphatic heterocycles. The molecule has 0 bridgehead atoms. The van der Waals surface area contributed by atoms with E-state index in [1.165, 1.54) is 0 Å². The van der Waals surface area contributed by atoms with Gasteiger partial charge in [-0.3, -0.25) is 4.79 Å². The number of Topliss-reactive ketones (excluding diaryl/α,β-unsaturated/α-hetero) is 1. The van der Waals surface area contributed by atoms with Gasteiger partial charge in [0.1, 0.15) is 23.7 Å². The second kappa shape index (κ2) is 8.57. The number of terminal acetylenes is 1. The standard InChI is InChI=1S/C23H24BrNO5/c1-5-9-29-16-8-7-13(24)10-14(16)18-19-15(26)11-23(3,4)12-17(19)30-21(25)20(18)22(27)28-6-2/h1,7-8,10,18H,6,9,11-12,25H2,2-4H3. The fourth-order valence-corrected chi connectivity index (χ4v) is 4.28. The summed E-state index contributed by atoms with van der Waals surface area (Å²) in [7, 11) is 0. The van der Waals surface area contributed by atoms with E-state index >= 15 is 0 Å². The Balaban J connectivity index is 2.25. The van der Waals surface area contributed by atoms with Gasteiger partial charge in [-0.05, 0) is 30.5 Å². The van der Waals surface area contributed by atoms with Crippen molar-refractivity contribution in [3.8, 4) is 18.1 Å². The molecule has 0 saturated heterocycles. The molecule has 3 rings (SSSR count). The number of ketones is 1. The second-order valence-electron chi connectivity index (χ2n) is 7.99. The Morgan fingerprint density at radius 2 is 2.13 bits per heavy atom. The molecule has 158 valence electrons. The SMILES string of the molecule is C#CCOc1ccc(Br)cc1C1C(C(=O)OCC)=C(N)OC2=C1C(=O)CC(C)(C)C2. The molecule has 2 aliphatic rings. The Morgan fingerprint density at radius 1 is 1.40 bits per heavy atom. The Morgan fingerprint density at radius 3 is 2.80 bits per heavy atom. The van der Waals surface area contributed by atoms with Crippen molar-refractivity contribution in [1.29, 1.82) is 0 Å². The number of carbonyl (C=O) groups is 2. The number of halogens is 1. The van der Waals surface area contributed by atoms with E-state index in [0.29, 0.717) is 35.5 Å². The summed E-state index contributed by atoms with van der Waals surface area (Å²) < 4.78 is 17.5. The summed E-state index contributed by atoms with van der Waals surface area (Å²) >= 11 is 3.46. The minimum atomic E-state index is -0.776. The van der Waals surface area contributed by atoms with Crippen LogP contribution >= 0.6 is 15.9 Å². The van der Waals surface area contributed by atoms with Crippen LogP contribution in [0.5, 0.6) is 5.75 Å². The van der Waals surface area contributed by atoms with Crippen molar-refractivity contribution in [2.24, 2.45) is 11.1 Å². The highest BCUT2D eigenvalue weighted by atomic mass is 79.9. The monoisotopic (exact) mass is 473 g/mol. The van der Waals surface area contributed by atoms with Gasteiger partial charge >= 0.3 is 5.97 Å². The van der Waals surface area contributed by atoms with Gasteiger partial charge in [0, 0.05) is 28.5 Å². The molecule has 0 fully saturated rings. The van der Waals surface area contributed by atoms with Crippen LogP contribution in [0.2, 0.25) is 0 Å². The van der Waals surface area contributed by atoms with Crippen LogP contribution in [0.15, 0.2) is 45.5 Å². The molecule has 30 heavy (non-hydrogen) atoms. The highest BCUT2D eigenvalue weighted by molar-refractivity contribution is 9.10. The first-order valence-corrected chi connectivity index (χ1v) is 10.4. The van der Waals surface area contributed by atoms with Crippen molar-refractivity contribution < 1.29 is 23.8 Å². The number of hydrogen-bond donors (Lipinski definition) is 1. The van der Waals surface area contributed by atoms with E-state index in [1.807, 2.05) is 13.8 Å². The number of carbonyl (C=O) groups excluding carboxylic acids is 2. The molecule has 2 N–H and O–H groups in total. The highest BCUT2D eigenvalue weighted by Gasteiger charge is 2.45. The van der Waals surface area contributed by atoms with Crippen LogP contribution in [0, 0.1) is 17.8 Å². The van der Waals surface area contributed by atoms with Crippen molar-refractivity contribution >= 4 is 27.7 Å². The van der Waals surface area contributed by atoms with Crippen LogP contribution in [0.1, 0.15) is 45.1 Å². The zero-order valence-corrected chi connectivity index (χ0v) is 18.8. The number of hydrogen-bond acceptors (Lipinski definition) is 6. The topological polar surface area (TPSA) is 87.8 Å². The summed E-state index contributed by atoms with van der Waals surface area (Å²) in [6.07, 6.45) is 6.21. The summed E-state index contributed by atoms with van der Waals surface area (Å²) in [5.41, 5.74) is 7.01. The van der Waals surface area contributed by atoms with Gasteiger partial charge < -0.3 is 19.9 Å². The Hall–Kier alpha value is -2.72. The van der Waals surface area contributed by atoms with E-state index in [-0.39, 0.29) is 35.9 Å². The second-order valence-corrected chi connectivity index (χ2v) is 8.90. The van der Waals surface area contributed by atoms with Gasteiger partial charge in [0.2, 0.25) is 5.88 Å². The molecule has 1 aliphatic carbocycles. The number of rotatable bonds is 5. The molecule has 0 radical (unpaired) electrons. The minimum absolute atomic E-state index is 0.0403. The lowest BCUT2D eigenvalue weighted by Crippen LogP contribution is -2.35. The first-order chi connectivity index (χ1) is 14.2. The van der Waals surface area contributed by atoms with Crippen LogP contribution in [0.3, 0.4) is 0 Å². The molecule has 1 aromatic carbocycles. The highest BCUT2D eigenvalue weighted by Crippen LogP contribution is 2.50. The zero-order valence-electron chi connectivity index (χ0n) is 17.2. The summed E-state index contributed by atoms with van der Waals surface area (Å²) in [6, 6.07) is 5.33. The number of ether oxygens (including phenoxy) is 3. The maximum absolute atomic E-state index is 13.2. The Labute approximate surface area is 184 Å². The fourth-order valence-electron chi connectivity index (χ4n) is 3.90. The lowest BCUT2D eigenvalue weighted by Gasteiger charge is -2.38. The first kappa shape index (κ1) is 22.0. The maximum atomic E-state index is 13.2. The predicted octanol–water partition coefficient (Wildman–Crippen LogP) is 3.95. The van der Waals surface area contributed by atoms with Crippen LogP contribution in [0.25, 0.3) is 0 Å². The molecule has 7 heteroatoms. The van der Waals surface area contributed by atoms with Crippen molar-refractivity contribution in [2.45, 2.75) is 39.5 Å². The third-order valence-electron chi connectivity index (χ3n) is 5.04. The Kier molecular flexibility index (Phi) is 6.27. The van der Waals surface area contributed by atoms with Crippen LogP contribution < -0.4 is 10.5 Å².